The molecule has 3 atom stereocenters. The molecule has 132 valence electrons. The number of fused-ring (bicyclic) bond motifs is 1. The maximum atomic E-state index is 13.3. The number of benzene rings is 1. The normalized spacial score (nSPS) is 25.8. The Morgan fingerprint density at radius 2 is 2.20 bits per heavy atom. The van der Waals surface area contributed by atoms with Crippen LogP contribution in [0.25, 0.3) is 0 Å². The molecule has 4 rings (SSSR count). The first-order chi connectivity index (χ1) is 12.2. The highest BCUT2D eigenvalue weighted by atomic mass is 16.5. The lowest BCUT2D eigenvalue weighted by molar-refractivity contribution is -0.147. The number of likely N-dealkylation sites (tertiary alicyclic amines) is 1. The molecule has 7 heteroatoms. The number of carbonyl (C=O) groups is 1. The molecule has 2 aliphatic rings. The Morgan fingerprint density at radius 3 is 2.96 bits per heavy atom. The van der Waals surface area contributed by atoms with Crippen molar-refractivity contribution in [3.63, 3.8) is 0 Å². The van der Waals surface area contributed by atoms with Crippen molar-refractivity contribution in [2.45, 2.75) is 38.0 Å². The number of amides is 1. The maximum absolute atomic E-state index is 13.3. The molecule has 0 bridgehead atoms. The molecule has 0 aliphatic carbocycles. The van der Waals surface area contributed by atoms with Gasteiger partial charge in [0.25, 0.3) is 5.91 Å². The summed E-state index contributed by atoms with van der Waals surface area (Å²) >= 11 is 0. The topological polar surface area (TPSA) is 77.7 Å². The lowest BCUT2D eigenvalue weighted by Crippen LogP contribution is -2.38. The van der Waals surface area contributed by atoms with Gasteiger partial charge >= 0.3 is 0 Å². The fourth-order valence-corrected chi connectivity index (χ4v) is 3.64. The van der Waals surface area contributed by atoms with E-state index in [0.29, 0.717) is 31.3 Å². The number of aryl methyl sites for hydroxylation is 1. The van der Waals surface area contributed by atoms with E-state index in [0.717, 1.165) is 12.0 Å². The minimum atomic E-state index is -0.591. The van der Waals surface area contributed by atoms with Gasteiger partial charge in [-0.15, -0.1) is 0 Å². The van der Waals surface area contributed by atoms with Crippen LogP contribution in [0.1, 0.15) is 41.4 Å². The van der Waals surface area contributed by atoms with Crippen LogP contribution < -0.4 is 0 Å². The molecule has 0 N–H and O–H groups in total. The minimum Gasteiger partial charge on any atom is -0.380 e. The predicted molar refractivity (Wildman–Crippen MR) is 87.7 cm³/mol. The number of hydrogen-bond donors (Lipinski definition) is 0. The first-order valence-corrected chi connectivity index (χ1v) is 8.50. The lowest BCUT2D eigenvalue weighted by Gasteiger charge is -2.30. The summed E-state index contributed by atoms with van der Waals surface area (Å²) in [5.74, 6) is 0.935. The third kappa shape index (κ3) is 2.94. The van der Waals surface area contributed by atoms with Gasteiger partial charge in [-0.1, -0.05) is 29.4 Å². The number of aromatic nitrogens is 2. The Morgan fingerprint density at radius 1 is 1.36 bits per heavy atom. The zero-order chi connectivity index (χ0) is 17.4. The van der Waals surface area contributed by atoms with Crippen LogP contribution in [0, 0.1) is 6.92 Å². The van der Waals surface area contributed by atoms with Gasteiger partial charge in [-0.05, 0) is 24.5 Å². The molecule has 2 aromatic rings. The van der Waals surface area contributed by atoms with Gasteiger partial charge in [0.05, 0.1) is 12.7 Å². The third-order valence-electron chi connectivity index (χ3n) is 4.93. The number of hydrogen-bond acceptors (Lipinski definition) is 6. The third-order valence-corrected chi connectivity index (χ3v) is 4.93. The summed E-state index contributed by atoms with van der Waals surface area (Å²) in [4.78, 5) is 19.3. The van der Waals surface area contributed by atoms with E-state index in [1.807, 2.05) is 18.2 Å². The molecule has 1 aromatic carbocycles. The number of ether oxygens (including phenoxy) is 2. The molecule has 1 fully saturated rings. The van der Waals surface area contributed by atoms with Crippen molar-refractivity contribution in [1.29, 1.82) is 0 Å². The first kappa shape index (κ1) is 16.2. The predicted octanol–water partition coefficient (Wildman–Crippen LogP) is 1.98. The second-order valence-electron chi connectivity index (χ2n) is 6.48. The highest BCUT2D eigenvalue weighted by Crippen LogP contribution is 2.37. The molecule has 1 unspecified atom stereocenters. The molecule has 0 radical (unpaired) electrons. The summed E-state index contributed by atoms with van der Waals surface area (Å²) in [5, 5.41) is 3.86. The monoisotopic (exact) mass is 343 g/mol. The van der Waals surface area contributed by atoms with Crippen LogP contribution in [0.4, 0.5) is 0 Å². The van der Waals surface area contributed by atoms with E-state index < -0.39 is 6.10 Å². The highest BCUT2D eigenvalue weighted by molar-refractivity contribution is 5.83. The van der Waals surface area contributed by atoms with E-state index in [1.54, 1.807) is 18.9 Å². The van der Waals surface area contributed by atoms with E-state index in [9.17, 15) is 4.79 Å². The van der Waals surface area contributed by atoms with Crippen molar-refractivity contribution >= 4 is 5.91 Å². The molecular formula is C18H21N3O4. The van der Waals surface area contributed by atoms with Crippen LogP contribution in [-0.4, -0.2) is 47.3 Å². The van der Waals surface area contributed by atoms with Crippen LogP contribution in [0.5, 0.6) is 0 Å². The van der Waals surface area contributed by atoms with Crippen LogP contribution in [0.2, 0.25) is 0 Å². The van der Waals surface area contributed by atoms with Crippen molar-refractivity contribution in [2.24, 2.45) is 0 Å². The standard InChI is InChI=1S/C18H21N3O4/c1-11-19-17(25-20-11)15-9-13(23-2)10-21(15)18(22)16-14-6-4-3-5-12(14)7-8-24-16/h3-6,13,15-16H,7-10H2,1-2H3/t13-,15+,16?/m0/s1. The maximum Gasteiger partial charge on any atom is 0.257 e. The number of carbonyl (C=O) groups excluding carboxylic acids is 1. The van der Waals surface area contributed by atoms with E-state index >= 15 is 0 Å². The van der Waals surface area contributed by atoms with E-state index in [1.165, 1.54) is 5.56 Å². The average Bonchev–Trinajstić information content (AvgIpc) is 3.26. The van der Waals surface area contributed by atoms with E-state index in [2.05, 4.69) is 16.2 Å². The van der Waals surface area contributed by atoms with Crippen molar-refractivity contribution in [3.8, 4) is 0 Å². The first-order valence-electron chi connectivity index (χ1n) is 8.50. The summed E-state index contributed by atoms with van der Waals surface area (Å²) < 4.78 is 16.6. The molecule has 7 nitrogen and oxygen atoms in total. The number of rotatable bonds is 3. The Labute approximate surface area is 145 Å². The molecule has 1 saturated heterocycles. The van der Waals surface area contributed by atoms with Crippen molar-refractivity contribution in [2.75, 3.05) is 20.3 Å². The SMILES string of the molecule is CO[C@H]1C[C@H](c2nc(C)no2)N(C(=O)C2OCCc3ccccc32)C1. The number of nitrogens with zero attached hydrogens (tertiary/aromatic N) is 3. The molecule has 0 spiro atoms. The summed E-state index contributed by atoms with van der Waals surface area (Å²) in [7, 11) is 1.65. The minimum absolute atomic E-state index is 0.0556. The molecule has 1 amide bonds. The van der Waals surface area contributed by atoms with Gasteiger partial charge in [-0.2, -0.15) is 4.98 Å². The second kappa shape index (κ2) is 6.57. The summed E-state index contributed by atoms with van der Waals surface area (Å²) in [5.41, 5.74) is 2.11. The number of methoxy groups -OCH3 is 1. The van der Waals surface area contributed by atoms with Gasteiger partial charge in [0.2, 0.25) is 5.89 Å². The lowest BCUT2D eigenvalue weighted by atomic mass is 9.96. The van der Waals surface area contributed by atoms with Gasteiger partial charge in [0, 0.05) is 20.1 Å². The second-order valence-corrected chi connectivity index (χ2v) is 6.48. The fourth-order valence-electron chi connectivity index (χ4n) is 3.64. The van der Waals surface area contributed by atoms with Crippen molar-refractivity contribution < 1.29 is 18.8 Å². The fraction of sp³-hybridized carbons (Fsp3) is 0.500. The summed E-state index contributed by atoms with van der Waals surface area (Å²) in [6.07, 6.45) is 0.817. The average molecular weight is 343 g/mol. The summed E-state index contributed by atoms with van der Waals surface area (Å²) in [6, 6.07) is 7.67. The quantitative estimate of drug-likeness (QED) is 0.848. The van der Waals surface area contributed by atoms with Gasteiger partial charge in [-0.3, -0.25) is 4.79 Å². The molecule has 3 heterocycles. The van der Waals surface area contributed by atoms with Crippen LogP contribution in [0.15, 0.2) is 28.8 Å². The Bertz CT molecular complexity index is 775. The molecular weight excluding hydrogens is 322 g/mol. The Balaban J connectivity index is 1.64. The van der Waals surface area contributed by atoms with Gasteiger partial charge < -0.3 is 18.9 Å². The van der Waals surface area contributed by atoms with E-state index in [4.69, 9.17) is 14.0 Å². The zero-order valence-electron chi connectivity index (χ0n) is 14.3. The highest BCUT2D eigenvalue weighted by Gasteiger charge is 2.43. The van der Waals surface area contributed by atoms with Gasteiger partial charge in [0.1, 0.15) is 6.04 Å². The summed E-state index contributed by atoms with van der Waals surface area (Å²) in [6.45, 7) is 2.80. The van der Waals surface area contributed by atoms with Crippen LogP contribution in [-0.2, 0) is 20.7 Å². The van der Waals surface area contributed by atoms with Crippen LogP contribution in [0.3, 0.4) is 0 Å². The van der Waals surface area contributed by atoms with Crippen LogP contribution >= 0.6 is 0 Å². The molecule has 0 saturated carbocycles. The zero-order valence-corrected chi connectivity index (χ0v) is 14.3. The van der Waals surface area contributed by atoms with E-state index in [-0.39, 0.29) is 18.1 Å². The molecule has 1 aromatic heterocycles. The van der Waals surface area contributed by atoms with Gasteiger partial charge in [0.15, 0.2) is 11.9 Å². The largest absolute Gasteiger partial charge is 0.380 e. The smallest absolute Gasteiger partial charge is 0.257 e. The Hall–Kier alpha value is -2.25. The molecule has 25 heavy (non-hydrogen) atoms. The molecule has 2 aliphatic heterocycles. The van der Waals surface area contributed by atoms with Crippen molar-refractivity contribution in [3.05, 3.63) is 47.1 Å². The van der Waals surface area contributed by atoms with Crippen molar-refractivity contribution in [1.82, 2.24) is 15.0 Å². The Kier molecular flexibility index (Phi) is 4.27. The van der Waals surface area contributed by atoms with Gasteiger partial charge in [-0.25, -0.2) is 0 Å².